The zero-order valence-corrected chi connectivity index (χ0v) is 15.9. The fraction of sp³-hybridized carbons (Fsp3) is 0.429. The minimum Gasteiger partial charge on any atom is -0.493 e. The largest absolute Gasteiger partial charge is 0.493 e. The second-order valence-corrected chi connectivity index (χ2v) is 6.91. The lowest BCUT2D eigenvalue weighted by molar-refractivity contribution is 0.296. The molecule has 0 spiro atoms. The molecule has 0 amide bonds. The number of aromatic nitrogens is 1. The zero-order valence-electron chi connectivity index (χ0n) is 15.9. The normalized spacial score (nSPS) is 14.2. The molecule has 2 aromatic rings. The standard InChI is InChI=1S/C21H28N4O/c1-15-6-9-18(20(11-15)26-14-17-7-8-17)12-24-21(22-3)25-13-19-16(2)5-4-10-23-19/h4-6,9-11,17H,7-8,12-14H2,1-3H3,(H2,22,24,25). The molecule has 3 rings (SSSR count). The molecule has 0 aliphatic heterocycles. The third-order valence-corrected chi connectivity index (χ3v) is 4.61. The number of hydrogen-bond donors (Lipinski definition) is 2. The van der Waals surface area contributed by atoms with Crippen LogP contribution in [0.5, 0.6) is 5.75 Å². The van der Waals surface area contributed by atoms with Crippen LogP contribution in [0.2, 0.25) is 0 Å². The van der Waals surface area contributed by atoms with Gasteiger partial charge in [0.1, 0.15) is 5.75 Å². The summed E-state index contributed by atoms with van der Waals surface area (Å²) in [6, 6.07) is 10.4. The number of pyridine rings is 1. The van der Waals surface area contributed by atoms with Crippen LogP contribution in [0.25, 0.3) is 0 Å². The predicted molar refractivity (Wildman–Crippen MR) is 105 cm³/mol. The summed E-state index contributed by atoms with van der Waals surface area (Å²) in [5, 5.41) is 6.69. The average Bonchev–Trinajstić information content (AvgIpc) is 3.47. The zero-order chi connectivity index (χ0) is 18.4. The lowest BCUT2D eigenvalue weighted by Gasteiger charge is -2.15. The number of guanidine groups is 1. The molecular weight excluding hydrogens is 324 g/mol. The van der Waals surface area contributed by atoms with Crippen molar-refractivity contribution in [1.29, 1.82) is 0 Å². The molecule has 1 aromatic heterocycles. The van der Waals surface area contributed by atoms with Gasteiger partial charge in [-0.25, -0.2) is 0 Å². The van der Waals surface area contributed by atoms with E-state index in [0.717, 1.165) is 35.5 Å². The van der Waals surface area contributed by atoms with Crippen molar-refractivity contribution in [3.05, 3.63) is 58.9 Å². The number of aryl methyl sites for hydroxylation is 2. The minimum absolute atomic E-state index is 0.644. The molecule has 1 heterocycles. The number of nitrogens with one attached hydrogen (secondary N) is 2. The minimum atomic E-state index is 0.644. The smallest absolute Gasteiger partial charge is 0.191 e. The SMILES string of the molecule is CN=C(NCc1ccc(C)cc1OCC1CC1)NCc1ncccc1C. The summed E-state index contributed by atoms with van der Waals surface area (Å²) >= 11 is 0. The van der Waals surface area contributed by atoms with E-state index < -0.39 is 0 Å². The highest BCUT2D eigenvalue weighted by Gasteiger charge is 2.22. The summed E-state index contributed by atoms with van der Waals surface area (Å²) in [4.78, 5) is 8.71. The van der Waals surface area contributed by atoms with Crippen LogP contribution < -0.4 is 15.4 Å². The van der Waals surface area contributed by atoms with Crippen molar-refractivity contribution in [2.75, 3.05) is 13.7 Å². The summed E-state index contributed by atoms with van der Waals surface area (Å²) < 4.78 is 6.04. The van der Waals surface area contributed by atoms with E-state index in [1.165, 1.54) is 24.0 Å². The maximum atomic E-state index is 6.04. The van der Waals surface area contributed by atoms with Gasteiger partial charge in [-0.1, -0.05) is 18.2 Å². The van der Waals surface area contributed by atoms with Gasteiger partial charge in [-0.2, -0.15) is 0 Å². The molecule has 2 N–H and O–H groups in total. The highest BCUT2D eigenvalue weighted by atomic mass is 16.5. The van der Waals surface area contributed by atoms with Gasteiger partial charge >= 0.3 is 0 Å². The number of nitrogens with zero attached hydrogens (tertiary/aromatic N) is 2. The number of ether oxygens (including phenoxy) is 1. The summed E-state index contributed by atoms with van der Waals surface area (Å²) in [6.07, 6.45) is 4.40. The van der Waals surface area contributed by atoms with Gasteiger partial charge < -0.3 is 15.4 Å². The van der Waals surface area contributed by atoms with Crippen molar-refractivity contribution >= 4 is 5.96 Å². The van der Waals surface area contributed by atoms with Crippen molar-refractivity contribution in [1.82, 2.24) is 15.6 Å². The molecule has 5 heteroatoms. The first-order valence-corrected chi connectivity index (χ1v) is 9.23. The monoisotopic (exact) mass is 352 g/mol. The molecule has 0 radical (unpaired) electrons. The Morgan fingerprint density at radius 3 is 2.73 bits per heavy atom. The third kappa shape index (κ3) is 5.22. The maximum absolute atomic E-state index is 6.04. The predicted octanol–water partition coefficient (Wildman–Crippen LogP) is 3.35. The summed E-state index contributed by atoms with van der Waals surface area (Å²) in [5.74, 6) is 2.47. The van der Waals surface area contributed by atoms with Gasteiger partial charge in [0.05, 0.1) is 18.8 Å². The summed E-state index contributed by atoms with van der Waals surface area (Å²) in [5.41, 5.74) is 4.56. The third-order valence-electron chi connectivity index (χ3n) is 4.61. The number of hydrogen-bond acceptors (Lipinski definition) is 3. The quantitative estimate of drug-likeness (QED) is 0.593. The first kappa shape index (κ1) is 18.2. The van der Waals surface area contributed by atoms with Gasteiger partial charge in [0.15, 0.2) is 5.96 Å². The van der Waals surface area contributed by atoms with Crippen molar-refractivity contribution in [3.63, 3.8) is 0 Å². The summed E-state index contributed by atoms with van der Waals surface area (Å²) in [6.45, 7) is 6.29. The first-order valence-electron chi connectivity index (χ1n) is 9.23. The van der Waals surface area contributed by atoms with Gasteiger partial charge in [-0.15, -0.1) is 0 Å². The Morgan fingerprint density at radius 1 is 1.19 bits per heavy atom. The van der Waals surface area contributed by atoms with E-state index >= 15 is 0 Å². The molecule has 26 heavy (non-hydrogen) atoms. The van der Waals surface area contributed by atoms with E-state index in [-0.39, 0.29) is 0 Å². The van der Waals surface area contributed by atoms with Crippen LogP contribution in [-0.4, -0.2) is 24.6 Å². The van der Waals surface area contributed by atoms with Crippen LogP contribution in [0, 0.1) is 19.8 Å². The number of aliphatic imine (C=N–C) groups is 1. The van der Waals surface area contributed by atoms with Crippen molar-refractivity contribution in [2.45, 2.75) is 39.8 Å². The fourth-order valence-electron chi connectivity index (χ4n) is 2.70. The Bertz CT molecular complexity index is 768. The van der Waals surface area contributed by atoms with Crippen LogP contribution in [-0.2, 0) is 13.1 Å². The molecule has 1 aliphatic rings. The highest BCUT2D eigenvalue weighted by molar-refractivity contribution is 5.79. The van der Waals surface area contributed by atoms with Gasteiger partial charge in [-0.3, -0.25) is 9.98 Å². The number of benzene rings is 1. The molecule has 1 fully saturated rings. The molecule has 0 unspecified atom stereocenters. The van der Waals surface area contributed by atoms with Crippen LogP contribution >= 0.6 is 0 Å². The van der Waals surface area contributed by atoms with Crippen LogP contribution in [0.15, 0.2) is 41.5 Å². The van der Waals surface area contributed by atoms with E-state index in [1.54, 1.807) is 7.05 Å². The Morgan fingerprint density at radius 2 is 2.00 bits per heavy atom. The van der Waals surface area contributed by atoms with E-state index in [9.17, 15) is 0 Å². The van der Waals surface area contributed by atoms with Crippen molar-refractivity contribution in [3.8, 4) is 5.75 Å². The van der Waals surface area contributed by atoms with Crippen molar-refractivity contribution < 1.29 is 4.74 Å². The Labute approximate surface area is 155 Å². The molecular formula is C21H28N4O. The van der Waals surface area contributed by atoms with Crippen LogP contribution in [0.3, 0.4) is 0 Å². The molecule has 0 saturated heterocycles. The van der Waals surface area contributed by atoms with E-state index in [4.69, 9.17) is 4.74 Å². The Kier molecular flexibility index (Phi) is 6.10. The van der Waals surface area contributed by atoms with E-state index in [2.05, 4.69) is 58.7 Å². The second kappa shape index (κ2) is 8.70. The van der Waals surface area contributed by atoms with Crippen LogP contribution in [0.4, 0.5) is 0 Å². The Hall–Kier alpha value is -2.56. The van der Waals surface area contributed by atoms with Crippen molar-refractivity contribution in [2.24, 2.45) is 10.9 Å². The van der Waals surface area contributed by atoms with Gasteiger partial charge in [0.2, 0.25) is 0 Å². The van der Waals surface area contributed by atoms with Gasteiger partial charge in [-0.05, 0) is 55.9 Å². The molecule has 1 aromatic carbocycles. The van der Waals surface area contributed by atoms with Crippen LogP contribution in [0.1, 0.15) is 35.2 Å². The topological polar surface area (TPSA) is 58.5 Å². The molecule has 1 aliphatic carbocycles. The maximum Gasteiger partial charge on any atom is 0.191 e. The fourth-order valence-corrected chi connectivity index (χ4v) is 2.70. The van der Waals surface area contributed by atoms with E-state index in [0.29, 0.717) is 13.1 Å². The Balaban J connectivity index is 1.57. The molecule has 0 bridgehead atoms. The lowest BCUT2D eigenvalue weighted by atomic mass is 10.1. The molecule has 5 nitrogen and oxygen atoms in total. The highest BCUT2D eigenvalue weighted by Crippen LogP contribution is 2.30. The number of rotatable bonds is 7. The summed E-state index contributed by atoms with van der Waals surface area (Å²) in [7, 11) is 1.78. The van der Waals surface area contributed by atoms with Gasteiger partial charge in [0, 0.05) is 25.4 Å². The molecule has 1 saturated carbocycles. The average molecular weight is 352 g/mol. The molecule has 138 valence electrons. The molecule has 0 atom stereocenters. The van der Waals surface area contributed by atoms with Gasteiger partial charge in [0.25, 0.3) is 0 Å². The second-order valence-electron chi connectivity index (χ2n) is 6.91. The first-order chi connectivity index (χ1) is 12.7. The van der Waals surface area contributed by atoms with E-state index in [1.807, 2.05) is 12.3 Å². The lowest BCUT2D eigenvalue weighted by Crippen LogP contribution is -2.36.